The Hall–Kier alpha value is -2.81. The summed E-state index contributed by atoms with van der Waals surface area (Å²) in [6, 6.07) is 8.25. The zero-order valence-corrected chi connectivity index (χ0v) is 13.6. The molecule has 1 unspecified atom stereocenters. The summed E-state index contributed by atoms with van der Waals surface area (Å²) in [7, 11) is 0. The molecule has 1 atom stereocenters. The quantitative estimate of drug-likeness (QED) is 0.644. The Balaban J connectivity index is 1.71. The van der Waals surface area contributed by atoms with Gasteiger partial charge in [-0.2, -0.15) is 13.2 Å². The first-order chi connectivity index (χ1) is 12.6. The van der Waals surface area contributed by atoms with Crippen molar-refractivity contribution in [2.75, 3.05) is 0 Å². The van der Waals surface area contributed by atoms with Crippen molar-refractivity contribution in [2.24, 2.45) is 5.16 Å². The van der Waals surface area contributed by atoms with Gasteiger partial charge in [0, 0.05) is 18.1 Å². The van der Waals surface area contributed by atoms with Crippen LogP contribution in [-0.2, 0) is 11.3 Å². The molecular formula is C18H12F5NO3. The smallest absolute Gasteiger partial charge is 0.350 e. The molecule has 1 heterocycles. The highest BCUT2D eigenvalue weighted by molar-refractivity contribution is 6.03. The molecule has 142 valence electrons. The summed E-state index contributed by atoms with van der Waals surface area (Å²) >= 11 is 0. The first kappa shape index (κ1) is 19.0. The third-order valence-electron chi connectivity index (χ3n) is 4.06. The lowest BCUT2D eigenvalue weighted by Gasteiger charge is -2.22. The highest BCUT2D eigenvalue weighted by Crippen LogP contribution is 2.38. The molecule has 0 aliphatic carbocycles. The van der Waals surface area contributed by atoms with Crippen molar-refractivity contribution in [1.82, 2.24) is 0 Å². The second-order valence-corrected chi connectivity index (χ2v) is 6.00. The molecule has 0 radical (unpaired) electrons. The van der Waals surface area contributed by atoms with E-state index in [9.17, 15) is 31.9 Å². The number of carbonyl (C=O) groups excluding carboxylic acids is 1. The summed E-state index contributed by atoms with van der Waals surface area (Å²) in [5.41, 5.74) is 0.320. The summed E-state index contributed by atoms with van der Waals surface area (Å²) in [5, 5.41) is 12.7. The summed E-state index contributed by atoms with van der Waals surface area (Å²) in [5.74, 6) is -5.43. The van der Waals surface area contributed by atoms with Crippen LogP contribution in [0.3, 0.4) is 0 Å². The number of hydrogen-bond donors (Lipinski definition) is 1. The Bertz CT molecular complexity index is 908. The van der Waals surface area contributed by atoms with Gasteiger partial charge in [0.1, 0.15) is 11.6 Å². The topological polar surface area (TPSA) is 58.9 Å². The molecule has 9 heteroatoms. The SMILES string of the molecule is O=C(Cc1ccc(F)cc1F)c1ccc(C2=NOC(O)(C(F)(F)F)C2)cc1. The van der Waals surface area contributed by atoms with E-state index in [2.05, 4.69) is 9.99 Å². The number of rotatable bonds is 4. The molecule has 1 aliphatic heterocycles. The molecule has 1 N–H and O–H groups in total. The van der Waals surface area contributed by atoms with Gasteiger partial charge in [0.05, 0.1) is 12.1 Å². The lowest BCUT2D eigenvalue weighted by molar-refractivity contribution is -0.355. The van der Waals surface area contributed by atoms with Crippen LogP contribution in [0.15, 0.2) is 47.6 Å². The van der Waals surface area contributed by atoms with Crippen molar-refractivity contribution < 1.29 is 36.7 Å². The summed E-state index contributed by atoms with van der Waals surface area (Å²) in [6.45, 7) is 0. The first-order valence-electron chi connectivity index (χ1n) is 7.71. The number of nitrogens with zero attached hydrogens (tertiary/aromatic N) is 1. The van der Waals surface area contributed by atoms with Gasteiger partial charge in [-0.15, -0.1) is 0 Å². The average molecular weight is 385 g/mol. The summed E-state index contributed by atoms with van der Waals surface area (Å²) in [6.07, 6.45) is -6.19. The zero-order chi connectivity index (χ0) is 19.8. The molecule has 0 fully saturated rings. The van der Waals surface area contributed by atoms with Crippen molar-refractivity contribution in [2.45, 2.75) is 24.8 Å². The Labute approximate surface area is 149 Å². The van der Waals surface area contributed by atoms with Crippen molar-refractivity contribution in [3.63, 3.8) is 0 Å². The Morgan fingerprint density at radius 3 is 2.37 bits per heavy atom. The van der Waals surface area contributed by atoms with Crippen LogP contribution < -0.4 is 0 Å². The first-order valence-corrected chi connectivity index (χ1v) is 7.71. The van der Waals surface area contributed by atoms with Crippen LogP contribution in [0.2, 0.25) is 0 Å². The van der Waals surface area contributed by atoms with Gasteiger partial charge < -0.3 is 9.94 Å². The molecule has 0 bridgehead atoms. The number of ketones is 1. The minimum atomic E-state index is -5.01. The van der Waals surface area contributed by atoms with E-state index in [0.717, 1.165) is 6.07 Å². The van der Waals surface area contributed by atoms with Crippen LogP contribution in [0.5, 0.6) is 0 Å². The number of halogens is 5. The van der Waals surface area contributed by atoms with Gasteiger partial charge in [-0.25, -0.2) is 8.78 Å². The number of Topliss-reactive ketones (excluding diaryl/α,β-unsaturated/α-hetero) is 1. The molecular weight excluding hydrogens is 373 g/mol. The molecule has 3 rings (SSSR count). The predicted molar refractivity (Wildman–Crippen MR) is 84.1 cm³/mol. The van der Waals surface area contributed by atoms with E-state index in [1.807, 2.05) is 0 Å². The molecule has 27 heavy (non-hydrogen) atoms. The van der Waals surface area contributed by atoms with E-state index in [4.69, 9.17) is 0 Å². The number of hydrogen-bond acceptors (Lipinski definition) is 4. The van der Waals surface area contributed by atoms with E-state index in [-0.39, 0.29) is 28.8 Å². The van der Waals surface area contributed by atoms with Gasteiger partial charge in [0.25, 0.3) is 0 Å². The minimum absolute atomic E-state index is 0.0225. The summed E-state index contributed by atoms with van der Waals surface area (Å²) < 4.78 is 64.7. The van der Waals surface area contributed by atoms with E-state index >= 15 is 0 Å². The number of oxime groups is 1. The number of alkyl halides is 3. The fourth-order valence-corrected chi connectivity index (χ4v) is 2.52. The van der Waals surface area contributed by atoms with Crippen molar-refractivity contribution in [3.05, 3.63) is 70.8 Å². The number of carbonyl (C=O) groups is 1. The second kappa shape index (κ2) is 6.73. The molecule has 0 spiro atoms. The van der Waals surface area contributed by atoms with Crippen LogP contribution in [0, 0.1) is 11.6 Å². The maximum absolute atomic E-state index is 13.6. The van der Waals surface area contributed by atoms with E-state index in [0.29, 0.717) is 6.07 Å². The van der Waals surface area contributed by atoms with Crippen LogP contribution in [0.25, 0.3) is 0 Å². The second-order valence-electron chi connectivity index (χ2n) is 6.00. The molecule has 4 nitrogen and oxygen atoms in total. The lowest BCUT2D eigenvalue weighted by atomic mass is 9.98. The fraction of sp³-hybridized carbons (Fsp3) is 0.222. The van der Waals surface area contributed by atoms with Crippen LogP contribution in [0.4, 0.5) is 22.0 Å². The highest BCUT2D eigenvalue weighted by Gasteiger charge is 2.60. The Morgan fingerprint density at radius 2 is 1.81 bits per heavy atom. The van der Waals surface area contributed by atoms with Gasteiger partial charge in [0.15, 0.2) is 5.78 Å². The lowest BCUT2D eigenvalue weighted by Crippen LogP contribution is -2.45. The van der Waals surface area contributed by atoms with E-state index in [1.54, 1.807) is 0 Å². The highest BCUT2D eigenvalue weighted by atomic mass is 19.4. The summed E-state index contributed by atoms with van der Waals surface area (Å²) in [4.78, 5) is 16.3. The molecule has 2 aromatic carbocycles. The normalized spacial score (nSPS) is 19.6. The van der Waals surface area contributed by atoms with Gasteiger partial charge >= 0.3 is 12.0 Å². The Morgan fingerprint density at radius 1 is 1.15 bits per heavy atom. The van der Waals surface area contributed by atoms with Gasteiger partial charge in [0.2, 0.25) is 0 Å². The van der Waals surface area contributed by atoms with Gasteiger partial charge in [-0.1, -0.05) is 35.5 Å². The van der Waals surface area contributed by atoms with Crippen LogP contribution in [-0.4, -0.2) is 28.6 Å². The standard InChI is InChI=1S/C18H12F5NO3/c19-13-6-5-12(14(20)8-13)7-16(25)11-3-1-10(2-4-11)15-9-17(26,27-24-15)18(21,22)23/h1-6,8,26H,7,9H2. The van der Waals surface area contributed by atoms with Gasteiger partial charge in [-0.3, -0.25) is 4.79 Å². The van der Waals surface area contributed by atoms with Gasteiger partial charge in [-0.05, 0) is 17.2 Å². The minimum Gasteiger partial charge on any atom is -0.350 e. The van der Waals surface area contributed by atoms with Crippen LogP contribution in [0.1, 0.15) is 27.9 Å². The maximum Gasteiger partial charge on any atom is 0.458 e. The molecule has 0 saturated heterocycles. The van der Waals surface area contributed by atoms with Crippen molar-refractivity contribution >= 4 is 11.5 Å². The third kappa shape index (κ3) is 3.82. The molecule has 0 amide bonds. The molecule has 2 aromatic rings. The largest absolute Gasteiger partial charge is 0.458 e. The van der Waals surface area contributed by atoms with E-state index < -0.39 is 35.8 Å². The fourth-order valence-electron chi connectivity index (χ4n) is 2.52. The predicted octanol–water partition coefficient (Wildman–Crippen LogP) is 3.77. The zero-order valence-electron chi connectivity index (χ0n) is 13.6. The number of aliphatic hydroxyl groups is 1. The average Bonchev–Trinajstić information content (AvgIpc) is 3.01. The Kier molecular flexibility index (Phi) is 4.73. The number of benzene rings is 2. The molecule has 0 aromatic heterocycles. The molecule has 1 aliphatic rings. The van der Waals surface area contributed by atoms with Crippen molar-refractivity contribution in [3.8, 4) is 0 Å². The maximum atomic E-state index is 13.6. The third-order valence-corrected chi connectivity index (χ3v) is 4.06. The van der Waals surface area contributed by atoms with Crippen molar-refractivity contribution in [1.29, 1.82) is 0 Å². The van der Waals surface area contributed by atoms with Crippen LogP contribution >= 0.6 is 0 Å². The monoisotopic (exact) mass is 385 g/mol. The molecule has 0 saturated carbocycles. The van der Waals surface area contributed by atoms with E-state index in [1.165, 1.54) is 30.3 Å².